The fraction of sp³-hybridized carbons (Fsp3) is 0.385. The van der Waals surface area contributed by atoms with Gasteiger partial charge in [0.25, 0.3) is 0 Å². The third-order valence-corrected chi connectivity index (χ3v) is 6.92. The Morgan fingerprint density at radius 3 is 2.61 bits per heavy atom. The van der Waals surface area contributed by atoms with Crippen molar-refractivity contribution in [2.24, 2.45) is 5.92 Å². The summed E-state index contributed by atoms with van der Waals surface area (Å²) in [6.07, 6.45) is 6.18. The second kappa shape index (κ2) is 10.7. The van der Waals surface area contributed by atoms with Crippen molar-refractivity contribution in [1.82, 2.24) is 10.3 Å². The minimum absolute atomic E-state index is 0.0225. The quantitative estimate of drug-likeness (QED) is 0.472. The summed E-state index contributed by atoms with van der Waals surface area (Å²) < 4.78 is 5.80. The van der Waals surface area contributed by atoms with E-state index in [0.29, 0.717) is 13.2 Å². The Labute approximate surface area is 188 Å². The minimum atomic E-state index is 0.0225. The first kappa shape index (κ1) is 21.7. The van der Waals surface area contributed by atoms with Gasteiger partial charge in [-0.1, -0.05) is 67.4 Å². The van der Waals surface area contributed by atoms with E-state index in [0.717, 1.165) is 35.3 Å². The number of amides is 1. The van der Waals surface area contributed by atoms with E-state index in [1.807, 2.05) is 29.9 Å². The van der Waals surface area contributed by atoms with E-state index in [1.165, 1.54) is 12.0 Å². The molecule has 4 nitrogen and oxygen atoms in total. The van der Waals surface area contributed by atoms with Gasteiger partial charge in [-0.3, -0.25) is 9.78 Å². The lowest BCUT2D eigenvalue weighted by atomic mass is 9.75. The zero-order chi connectivity index (χ0) is 21.5. The van der Waals surface area contributed by atoms with Gasteiger partial charge in [0, 0.05) is 12.1 Å². The van der Waals surface area contributed by atoms with E-state index >= 15 is 0 Å². The standard InChI is InChI=1S/C26H30N2O2S/c1-19(21-7-3-2-4-8-21)28-26(29)25-10-6-5-9-24(25)22-13-11-20(12-14-22)16-30-17-23-15-27-18-31-23/h2-4,7-8,11-15,18-19,24-25H,5-6,9-10,16-17H2,1H3,(H,28,29)/t19-,24+,25-/m0/s1. The molecular weight excluding hydrogens is 404 g/mol. The maximum atomic E-state index is 13.2. The summed E-state index contributed by atoms with van der Waals surface area (Å²) in [4.78, 5) is 18.4. The molecule has 5 heteroatoms. The van der Waals surface area contributed by atoms with E-state index in [9.17, 15) is 4.79 Å². The van der Waals surface area contributed by atoms with E-state index in [1.54, 1.807) is 11.3 Å². The van der Waals surface area contributed by atoms with Crippen LogP contribution in [-0.2, 0) is 22.7 Å². The van der Waals surface area contributed by atoms with E-state index < -0.39 is 0 Å². The second-order valence-electron chi connectivity index (χ2n) is 8.34. The van der Waals surface area contributed by atoms with E-state index in [-0.39, 0.29) is 23.8 Å². The highest BCUT2D eigenvalue weighted by Gasteiger charge is 2.32. The molecule has 3 aromatic rings. The maximum Gasteiger partial charge on any atom is 0.224 e. The summed E-state index contributed by atoms with van der Waals surface area (Å²) in [6, 6.07) is 18.8. The number of thiazole rings is 1. The number of nitrogens with zero attached hydrogens (tertiary/aromatic N) is 1. The van der Waals surface area contributed by atoms with Crippen LogP contribution in [0.25, 0.3) is 0 Å². The lowest BCUT2D eigenvalue weighted by Crippen LogP contribution is -2.37. The Morgan fingerprint density at radius 1 is 1.10 bits per heavy atom. The third-order valence-electron chi connectivity index (χ3n) is 6.17. The molecular formula is C26H30N2O2S. The molecule has 1 saturated carbocycles. The number of nitrogens with one attached hydrogen (secondary N) is 1. The van der Waals surface area contributed by atoms with Crippen molar-refractivity contribution in [2.45, 2.75) is 57.8 Å². The number of ether oxygens (including phenoxy) is 1. The van der Waals surface area contributed by atoms with Crippen LogP contribution in [0.3, 0.4) is 0 Å². The van der Waals surface area contributed by atoms with Gasteiger partial charge in [0.15, 0.2) is 0 Å². The van der Waals surface area contributed by atoms with Crippen molar-refractivity contribution in [3.05, 3.63) is 87.9 Å². The molecule has 162 valence electrons. The van der Waals surface area contributed by atoms with Crippen molar-refractivity contribution < 1.29 is 9.53 Å². The Bertz CT molecular complexity index is 941. The Morgan fingerprint density at radius 2 is 1.87 bits per heavy atom. The molecule has 31 heavy (non-hydrogen) atoms. The highest BCUT2D eigenvalue weighted by atomic mass is 32.1. The molecule has 1 aromatic heterocycles. The van der Waals surface area contributed by atoms with Crippen LogP contribution < -0.4 is 5.32 Å². The van der Waals surface area contributed by atoms with Gasteiger partial charge in [-0.05, 0) is 42.4 Å². The fourth-order valence-electron chi connectivity index (χ4n) is 4.43. The Kier molecular flexibility index (Phi) is 7.49. The van der Waals surface area contributed by atoms with Gasteiger partial charge < -0.3 is 10.1 Å². The highest BCUT2D eigenvalue weighted by molar-refractivity contribution is 7.09. The van der Waals surface area contributed by atoms with Crippen LogP contribution in [0.2, 0.25) is 0 Å². The van der Waals surface area contributed by atoms with Gasteiger partial charge in [0.1, 0.15) is 0 Å². The van der Waals surface area contributed by atoms with Crippen LogP contribution >= 0.6 is 11.3 Å². The minimum Gasteiger partial charge on any atom is -0.371 e. The Balaban J connectivity index is 1.36. The summed E-state index contributed by atoms with van der Waals surface area (Å²) >= 11 is 1.61. The molecule has 0 bridgehead atoms. The number of benzene rings is 2. The molecule has 0 radical (unpaired) electrons. The van der Waals surface area contributed by atoms with E-state index in [2.05, 4.69) is 53.6 Å². The van der Waals surface area contributed by atoms with Crippen molar-refractivity contribution in [3.63, 3.8) is 0 Å². The zero-order valence-electron chi connectivity index (χ0n) is 18.0. The molecule has 4 rings (SSSR count). The first-order valence-electron chi connectivity index (χ1n) is 11.1. The van der Waals surface area contributed by atoms with Crippen molar-refractivity contribution >= 4 is 17.2 Å². The lowest BCUT2D eigenvalue weighted by molar-refractivity contribution is -0.127. The number of carbonyl (C=O) groups is 1. The molecule has 0 aliphatic heterocycles. The first-order chi connectivity index (χ1) is 15.2. The molecule has 0 unspecified atom stereocenters. The largest absolute Gasteiger partial charge is 0.371 e. The summed E-state index contributed by atoms with van der Waals surface area (Å²) in [6.45, 7) is 3.24. The zero-order valence-corrected chi connectivity index (χ0v) is 18.8. The van der Waals surface area contributed by atoms with Crippen LogP contribution in [0, 0.1) is 5.92 Å². The van der Waals surface area contributed by atoms with E-state index in [4.69, 9.17) is 4.74 Å². The molecule has 1 N–H and O–H groups in total. The molecule has 1 aliphatic rings. The van der Waals surface area contributed by atoms with Gasteiger partial charge in [0.05, 0.1) is 29.6 Å². The van der Waals surface area contributed by atoms with Crippen LogP contribution in [-0.4, -0.2) is 10.9 Å². The predicted molar refractivity (Wildman–Crippen MR) is 125 cm³/mol. The average molecular weight is 435 g/mol. The fourth-order valence-corrected chi connectivity index (χ4v) is 4.96. The SMILES string of the molecule is C[C@H](NC(=O)[C@H]1CCCC[C@@H]1c1ccc(COCc2cncs2)cc1)c1ccccc1. The van der Waals surface area contributed by atoms with Crippen molar-refractivity contribution in [1.29, 1.82) is 0 Å². The molecule has 2 aromatic carbocycles. The number of hydrogen-bond acceptors (Lipinski definition) is 4. The van der Waals surface area contributed by atoms with Crippen molar-refractivity contribution in [2.75, 3.05) is 0 Å². The van der Waals surface area contributed by atoms with Gasteiger partial charge in [0.2, 0.25) is 5.91 Å². The first-order valence-corrected chi connectivity index (χ1v) is 12.0. The summed E-state index contributed by atoms with van der Waals surface area (Å²) in [5.74, 6) is 0.496. The topological polar surface area (TPSA) is 51.2 Å². The molecule has 1 heterocycles. The monoisotopic (exact) mass is 434 g/mol. The molecule has 3 atom stereocenters. The molecule has 1 fully saturated rings. The normalized spacial score (nSPS) is 19.6. The van der Waals surface area contributed by atoms with Crippen LogP contribution in [0.15, 0.2) is 66.3 Å². The number of hydrogen-bond donors (Lipinski definition) is 1. The van der Waals surface area contributed by atoms with Gasteiger partial charge in [-0.25, -0.2) is 0 Å². The molecule has 1 amide bonds. The van der Waals surface area contributed by atoms with Crippen LogP contribution in [0.4, 0.5) is 0 Å². The average Bonchev–Trinajstić information content (AvgIpc) is 3.34. The van der Waals surface area contributed by atoms with Crippen LogP contribution in [0.5, 0.6) is 0 Å². The van der Waals surface area contributed by atoms with Crippen LogP contribution in [0.1, 0.15) is 66.1 Å². The highest BCUT2D eigenvalue weighted by Crippen LogP contribution is 2.38. The molecule has 0 spiro atoms. The van der Waals surface area contributed by atoms with Gasteiger partial charge in [-0.15, -0.1) is 11.3 Å². The maximum absolute atomic E-state index is 13.2. The summed E-state index contributed by atoms with van der Waals surface area (Å²) in [7, 11) is 0. The number of rotatable bonds is 8. The van der Waals surface area contributed by atoms with Crippen molar-refractivity contribution in [3.8, 4) is 0 Å². The number of aromatic nitrogens is 1. The number of carbonyl (C=O) groups excluding carboxylic acids is 1. The third kappa shape index (κ3) is 5.81. The van der Waals surface area contributed by atoms with Gasteiger partial charge >= 0.3 is 0 Å². The summed E-state index contributed by atoms with van der Waals surface area (Å²) in [5.41, 5.74) is 5.39. The summed E-state index contributed by atoms with van der Waals surface area (Å²) in [5, 5.41) is 3.26. The predicted octanol–water partition coefficient (Wildman–Crippen LogP) is 6.01. The second-order valence-corrected chi connectivity index (χ2v) is 9.31. The van der Waals surface area contributed by atoms with Gasteiger partial charge in [-0.2, -0.15) is 0 Å². The molecule has 1 aliphatic carbocycles. The molecule has 0 saturated heterocycles. The lowest BCUT2D eigenvalue weighted by Gasteiger charge is -2.32. The Hall–Kier alpha value is -2.50. The smallest absolute Gasteiger partial charge is 0.224 e.